The summed E-state index contributed by atoms with van der Waals surface area (Å²) in [5, 5.41) is 0. The van der Waals surface area contributed by atoms with Gasteiger partial charge in [0.05, 0.1) is 10.2 Å². The van der Waals surface area contributed by atoms with Gasteiger partial charge in [0.25, 0.3) is 0 Å². The van der Waals surface area contributed by atoms with Gasteiger partial charge in [0.15, 0.2) is 11.6 Å². The van der Waals surface area contributed by atoms with Crippen molar-refractivity contribution in [2.45, 2.75) is 13.3 Å². The second-order valence-electron chi connectivity index (χ2n) is 6.37. The third-order valence-electron chi connectivity index (χ3n) is 4.52. The Morgan fingerprint density at radius 3 is 2.85 bits per heavy atom. The highest BCUT2D eigenvalue weighted by molar-refractivity contribution is 7.20. The van der Waals surface area contributed by atoms with E-state index in [1.807, 2.05) is 11.0 Å². The summed E-state index contributed by atoms with van der Waals surface area (Å²) < 4.78 is 20.7. The maximum atomic E-state index is 14.1. The van der Waals surface area contributed by atoms with E-state index in [0.29, 0.717) is 24.5 Å². The van der Waals surface area contributed by atoms with Crippen LogP contribution in [0, 0.1) is 5.82 Å². The van der Waals surface area contributed by atoms with E-state index in [1.165, 1.54) is 17.7 Å². The maximum Gasteiger partial charge on any atom is 0.219 e. The standard InChI is InChI=1S/C20H18FN3O2S/c1-12(25)24-8-5-13(6-9-24)19-11-16-20(27-19)18(4-7-23-16)26-17-3-2-14(22)10-15(17)21/h2-5,7,10-11H,6,8-9,22H2,1H3. The first kappa shape index (κ1) is 17.5. The van der Waals surface area contributed by atoms with Gasteiger partial charge in [-0.3, -0.25) is 9.78 Å². The molecule has 5 nitrogen and oxygen atoms in total. The zero-order valence-electron chi connectivity index (χ0n) is 14.7. The highest BCUT2D eigenvalue weighted by Crippen LogP contribution is 2.39. The summed E-state index contributed by atoms with van der Waals surface area (Å²) in [6.45, 7) is 2.91. The fraction of sp³-hybridized carbons (Fsp3) is 0.200. The SMILES string of the molecule is CC(=O)N1CC=C(c2cc3nccc(Oc4ccc(N)cc4F)c3s2)CC1. The first-order valence-electron chi connectivity index (χ1n) is 8.57. The lowest BCUT2D eigenvalue weighted by Gasteiger charge is -2.24. The molecule has 2 aromatic heterocycles. The number of benzene rings is 1. The van der Waals surface area contributed by atoms with E-state index in [1.54, 1.807) is 36.6 Å². The van der Waals surface area contributed by atoms with Gasteiger partial charge in [-0.1, -0.05) is 6.08 Å². The lowest BCUT2D eigenvalue weighted by molar-refractivity contribution is -0.128. The van der Waals surface area contributed by atoms with Crippen LogP contribution in [0.4, 0.5) is 10.1 Å². The van der Waals surface area contributed by atoms with E-state index in [9.17, 15) is 9.18 Å². The second-order valence-corrected chi connectivity index (χ2v) is 7.42. The molecule has 0 unspecified atom stereocenters. The van der Waals surface area contributed by atoms with E-state index in [2.05, 4.69) is 11.1 Å². The average Bonchev–Trinajstić information content (AvgIpc) is 3.09. The topological polar surface area (TPSA) is 68.5 Å². The molecule has 0 bridgehead atoms. The monoisotopic (exact) mass is 383 g/mol. The summed E-state index contributed by atoms with van der Waals surface area (Å²) in [7, 11) is 0. The van der Waals surface area contributed by atoms with E-state index < -0.39 is 5.82 Å². The molecule has 0 saturated heterocycles. The Labute approximate surface area is 159 Å². The Hall–Kier alpha value is -2.93. The third kappa shape index (κ3) is 3.50. The number of rotatable bonds is 3. The first-order valence-corrected chi connectivity index (χ1v) is 9.39. The summed E-state index contributed by atoms with van der Waals surface area (Å²) in [5.41, 5.74) is 7.94. The molecule has 0 spiro atoms. The molecule has 0 saturated carbocycles. The molecule has 3 heterocycles. The largest absolute Gasteiger partial charge is 0.453 e. The van der Waals surface area contributed by atoms with E-state index >= 15 is 0 Å². The Morgan fingerprint density at radius 1 is 1.30 bits per heavy atom. The van der Waals surface area contributed by atoms with Gasteiger partial charge in [-0.15, -0.1) is 11.3 Å². The number of aromatic nitrogens is 1. The number of thiophene rings is 1. The van der Waals surface area contributed by atoms with Crippen molar-refractivity contribution in [3.05, 3.63) is 53.3 Å². The quantitative estimate of drug-likeness (QED) is 0.679. The van der Waals surface area contributed by atoms with Crippen LogP contribution in [0.15, 0.2) is 42.6 Å². The summed E-state index contributed by atoms with van der Waals surface area (Å²) >= 11 is 1.56. The van der Waals surface area contributed by atoms with Crippen molar-refractivity contribution in [2.24, 2.45) is 0 Å². The van der Waals surface area contributed by atoms with Crippen molar-refractivity contribution >= 4 is 38.7 Å². The number of ether oxygens (including phenoxy) is 1. The molecular weight excluding hydrogens is 365 g/mol. The van der Waals surface area contributed by atoms with Crippen LogP contribution in [0.3, 0.4) is 0 Å². The Bertz CT molecular complexity index is 1060. The number of pyridine rings is 1. The van der Waals surface area contributed by atoms with Crippen LogP contribution >= 0.6 is 11.3 Å². The molecule has 7 heteroatoms. The van der Waals surface area contributed by atoms with Crippen LogP contribution in [0.1, 0.15) is 18.2 Å². The molecule has 27 heavy (non-hydrogen) atoms. The molecule has 1 aliphatic heterocycles. The number of hydrogen-bond acceptors (Lipinski definition) is 5. The van der Waals surface area contributed by atoms with Gasteiger partial charge in [-0.25, -0.2) is 4.39 Å². The number of anilines is 1. The number of hydrogen-bond donors (Lipinski definition) is 1. The molecule has 1 aromatic carbocycles. The molecule has 0 aliphatic carbocycles. The van der Waals surface area contributed by atoms with Gasteiger partial charge in [0.1, 0.15) is 5.75 Å². The number of nitrogen functional groups attached to an aromatic ring is 1. The Balaban J connectivity index is 1.65. The van der Waals surface area contributed by atoms with Crippen LogP contribution in [0.2, 0.25) is 0 Å². The minimum Gasteiger partial charge on any atom is -0.453 e. The summed E-state index contributed by atoms with van der Waals surface area (Å²) in [6, 6.07) is 8.10. The first-order chi connectivity index (χ1) is 13.0. The van der Waals surface area contributed by atoms with E-state index in [-0.39, 0.29) is 11.7 Å². The average molecular weight is 383 g/mol. The Morgan fingerprint density at radius 2 is 2.15 bits per heavy atom. The third-order valence-corrected chi connectivity index (χ3v) is 5.74. The van der Waals surface area contributed by atoms with Gasteiger partial charge >= 0.3 is 0 Å². The molecule has 1 amide bonds. The van der Waals surface area contributed by atoms with Crippen molar-refractivity contribution in [1.82, 2.24) is 9.88 Å². The molecular formula is C20H18FN3O2S. The molecule has 138 valence electrons. The van der Waals surface area contributed by atoms with Crippen molar-refractivity contribution in [3.8, 4) is 11.5 Å². The van der Waals surface area contributed by atoms with Crippen molar-refractivity contribution in [2.75, 3.05) is 18.8 Å². The highest BCUT2D eigenvalue weighted by Gasteiger charge is 2.18. The molecule has 2 N–H and O–H groups in total. The smallest absolute Gasteiger partial charge is 0.219 e. The van der Waals surface area contributed by atoms with Crippen LogP contribution in [-0.2, 0) is 4.79 Å². The fourth-order valence-electron chi connectivity index (χ4n) is 3.05. The number of carbonyl (C=O) groups is 1. The van der Waals surface area contributed by atoms with Crippen LogP contribution < -0.4 is 10.5 Å². The number of nitrogens with two attached hydrogens (primary N) is 1. The second kappa shape index (κ2) is 7.00. The minimum absolute atomic E-state index is 0.0875. The molecule has 0 radical (unpaired) electrons. The Kier molecular flexibility index (Phi) is 4.53. The van der Waals surface area contributed by atoms with Gasteiger partial charge < -0.3 is 15.4 Å². The molecule has 1 aliphatic rings. The predicted molar refractivity (Wildman–Crippen MR) is 105 cm³/mol. The zero-order chi connectivity index (χ0) is 19.0. The van der Waals surface area contributed by atoms with E-state index in [0.717, 1.165) is 21.5 Å². The highest BCUT2D eigenvalue weighted by atomic mass is 32.1. The summed E-state index contributed by atoms with van der Waals surface area (Å²) in [6.07, 6.45) is 4.53. The number of nitrogens with zero attached hydrogens (tertiary/aromatic N) is 2. The maximum absolute atomic E-state index is 14.1. The molecule has 3 aromatic rings. The van der Waals surface area contributed by atoms with Gasteiger partial charge in [-0.05, 0) is 30.2 Å². The van der Waals surface area contributed by atoms with Crippen LogP contribution in [-0.4, -0.2) is 28.9 Å². The fourth-order valence-corrected chi connectivity index (χ4v) is 4.18. The molecule has 0 atom stereocenters. The van der Waals surface area contributed by atoms with Gasteiger partial charge in [-0.2, -0.15) is 0 Å². The van der Waals surface area contributed by atoms with Crippen molar-refractivity contribution < 1.29 is 13.9 Å². The van der Waals surface area contributed by atoms with Crippen LogP contribution in [0.25, 0.3) is 15.8 Å². The number of fused-ring (bicyclic) bond motifs is 1. The summed E-state index contributed by atoms with van der Waals surface area (Å²) in [4.78, 5) is 18.8. The van der Waals surface area contributed by atoms with E-state index in [4.69, 9.17) is 10.5 Å². The molecule has 4 rings (SSSR count). The number of halogens is 1. The minimum atomic E-state index is -0.504. The van der Waals surface area contributed by atoms with Crippen molar-refractivity contribution in [1.29, 1.82) is 0 Å². The lowest BCUT2D eigenvalue weighted by Crippen LogP contribution is -2.32. The normalized spacial score (nSPS) is 14.3. The predicted octanol–water partition coefficient (Wildman–Crippen LogP) is 4.45. The zero-order valence-corrected chi connectivity index (χ0v) is 15.6. The summed E-state index contributed by atoms with van der Waals surface area (Å²) in [5.74, 6) is 0.267. The number of carbonyl (C=O) groups excluding carboxylic acids is 1. The van der Waals surface area contributed by atoms with Crippen molar-refractivity contribution in [3.63, 3.8) is 0 Å². The van der Waals surface area contributed by atoms with Gasteiger partial charge in [0, 0.05) is 48.9 Å². The van der Waals surface area contributed by atoms with Gasteiger partial charge in [0.2, 0.25) is 5.91 Å². The number of amides is 1. The molecule has 0 fully saturated rings. The van der Waals surface area contributed by atoms with Crippen LogP contribution in [0.5, 0.6) is 11.5 Å². The lowest BCUT2D eigenvalue weighted by atomic mass is 10.1.